The maximum Gasteiger partial charge on any atom is 0.270 e. The Labute approximate surface area is 170 Å². The molecule has 2 amide bonds. The molecule has 3 heterocycles. The topological polar surface area (TPSA) is 95.2 Å². The third-order valence-electron chi connectivity index (χ3n) is 5.56. The van der Waals surface area contributed by atoms with Crippen LogP contribution in [0.25, 0.3) is 0 Å². The molecule has 1 saturated heterocycles. The summed E-state index contributed by atoms with van der Waals surface area (Å²) in [6, 6.07) is 5.75. The van der Waals surface area contributed by atoms with Crippen LogP contribution in [0.4, 0.5) is 0 Å². The minimum atomic E-state index is -0.105. The van der Waals surface area contributed by atoms with Crippen molar-refractivity contribution in [2.75, 3.05) is 19.6 Å². The van der Waals surface area contributed by atoms with Gasteiger partial charge in [-0.25, -0.2) is 0 Å². The van der Waals surface area contributed by atoms with Gasteiger partial charge in [0.2, 0.25) is 5.91 Å². The minimum Gasteiger partial charge on any atom is -0.355 e. The summed E-state index contributed by atoms with van der Waals surface area (Å²) in [5.74, 6) is -0.190. The normalized spacial score (nSPS) is 14.7. The predicted octanol–water partition coefficient (Wildman–Crippen LogP) is 2.44. The van der Waals surface area contributed by atoms with E-state index >= 15 is 0 Å². The van der Waals surface area contributed by atoms with E-state index in [1.807, 2.05) is 25.1 Å². The lowest BCUT2D eigenvalue weighted by atomic mass is 9.95. The molecule has 1 aliphatic heterocycles. The summed E-state index contributed by atoms with van der Waals surface area (Å²) >= 11 is 0. The Kier molecular flexibility index (Phi) is 6.46. The molecule has 2 aromatic rings. The van der Waals surface area contributed by atoms with Crippen molar-refractivity contribution in [2.24, 2.45) is 5.92 Å². The predicted molar refractivity (Wildman–Crippen MR) is 110 cm³/mol. The lowest BCUT2D eigenvalue weighted by molar-refractivity contribution is -0.126. The van der Waals surface area contributed by atoms with E-state index in [1.54, 1.807) is 18.0 Å². The Balaban J connectivity index is 1.51. The molecule has 0 radical (unpaired) electrons. The van der Waals surface area contributed by atoms with Crippen molar-refractivity contribution < 1.29 is 14.4 Å². The van der Waals surface area contributed by atoms with Crippen molar-refractivity contribution in [3.05, 3.63) is 52.6 Å². The van der Waals surface area contributed by atoms with E-state index < -0.39 is 0 Å². The van der Waals surface area contributed by atoms with E-state index in [-0.39, 0.29) is 23.5 Å². The summed E-state index contributed by atoms with van der Waals surface area (Å²) in [5.41, 5.74) is 3.45. The van der Waals surface area contributed by atoms with E-state index in [9.17, 15) is 14.4 Å². The third kappa shape index (κ3) is 4.72. The number of carbonyl (C=O) groups is 3. The van der Waals surface area contributed by atoms with Crippen LogP contribution >= 0.6 is 0 Å². The van der Waals surface area contributed by atoms with E-state index in [1.165, 1.54) is 6.92 Å². The Morgan fingerprint density at radius 2 is 1.93 bits per heavy atom. The minimum absolute atomic E-state index is 0.0406. The molecule has 2 aromatic heterocycles. The first-order chi connectivity index (χ1) is 13.9. The number of nitrogens with zero attached hydrogens (tertiary/aromatic N) is 2. The van der Waals surface area contributed by atoms with Gasteiger partial charge >= 0.3 is 0 Å². The zero-order valence-electron chi connectivity index (χ0n) is 17.2. The van der Waals surface area contributed by atoms with Gasteiger partial charge in [-0.1, -0.05) is 6.07 Å². The van der Waals surface area contributed by atoms with Crippen LogP contribution in [0.5, 0.6) is 0 Å². The Hall–Kier alpha value is -2.96. The highest BCUT2D eigenvalue weighted by Crippen LogP contribution is 2.23. The zero-order valence-corrected chi connectivity index (χ0v) is 17.2. The summed E-state index contributed by atoms with van der Waals surface area (Å²) in [4.78, 5) is 46.2. The molecule has 0 unspecified atom stereocenters. The first kappa shape index (κ1) is 20.8. The number of hydrogen-bond donors (Lipinski definition) is 2. The van der Waals surface area contributed by atoms with Gasteiger partial charge in [0.1, 0.15) is 5.69 Å². The molecule has 0 aromatic carbocycles. The number of Topliss-reactive ketones (excluding diaryl/α,β-unsaturated/α-hetero) is 1. The quantitative estimate of drug-likeness (QED) is 0.733. The molecular weight excluding hydrogens is 368 g/mol. The Bertz CT molecular complexity index is 896. The molecule has 0 aliphatic carbocycles. The van der Waals surface area contributed by atoms with Crippen LogP contribution in [0.2, 0.25) is 0 Å². The molecular formula is C22H28N4O3. The standard InChI is InChI=1S/C22H28N4O3/c1-14-19(16(3)27)15(2)25-20(14)22(29)26-12-8-17(9-13-26)21(28)24-11-7-18-6-4-5-10-23-18/h4-6,10,17,25H,7-9,11-13H2,1-3H3,(H,24,28). The Morgan fingerprint density at radius 3 is 2.52 bits per heavy atom. The largest absolute Gasteiger partial charge is 0.355 e. The van der Waals surface area contributed by atoms with Crippen molar-refractivity contribution in [2.45, 2.75) is 40.0 Å². The fraction of sp³-hybridized carbons (Fsp3) is 0.455. The number of ketones is 1. The first-order valence-electron chi connectivity index (χ1n) is 10.1. The van der Waals surface area contributed by atoms with Gasteiger partial charge < -0.3 is 15.2 Å². The number of pyridine rings is 1. The molecule has 7 nitrogen and oxygen atoms in total. The van der Waals surface area contributed by atoms with Gasteiger partial charge in [0, 0.05) is 55.1 Å². The summed E-state index contributed by atoms with van der Waals surface area (Å²) < 4.78 is 0. The number of piperidine rings is 1. The molecule has 3 rings (SSSR count). The maximum atomic E-state index is 12.9. The number of aromatic nitrogens is 2. The second-order valence-corrected chi connectivity index (χ2v) is 7.61. The molecule has 0 bridgehead atoms. The van der Waals surface area contributed by atoms with Crippen LogP contribution in [-0.2, 0) is 11.2 Å². The monoisotopic (exact) mass is 396 g/mol. The van der Waals surface area contributed by atoms with Crippen molar-refractivity contribution in [1.82, 2.24) is 20.2 Å². The molecule has 0 atom stereocenters. The van der Waals surface area contributed by atoms with Gasteiger partial charge in [-0.3, -0.25) is 19.4 Å². The summed E-state index contributed by atoms with van der Waals surface area (Å²) in [5, 5.41) is 2.98. The van der Waals surface area contributed by atoms with Crippen molar-refractivity contribution in [3.8, 4) is 0 Å². The molecule has 2 N–H and O–H groups in total. The number of H-pyrrole nitrogens is 1. The molecule has 29 heavy (non-hydrogen) atoms. The molecule has 0 saturated carbocycles. The smallest absolute Gasteiger partial charge is 0.270 e. The van der Waals surface area contributed by atoms with Gasteiger partial charge in [-0.2, -0.15) is 0 Å². The number of likely N-dealkylation sites (tertiary alicyclic amines) is 1. The molecule has 7 heteroatoms. The second-order valence-electron chi connectivity index (χ2n) is 7.61. The van der Waals surface area contributed by atoms with Crippen LogP contribution in [0.1, 0.15) is 57.6 Å². The number of hydrogen-bond acceptors (Lipinski definition) is 4. The molecule has 0 spiro atoms. The van der Waals surface area contributed by atoms with Gasteiger partial charge in [0.25, 0.3) is 5.91 Å². The highest BCUT2D eigenvalue weighted by Gasteiger charge is 2.30. The van der Waals surface area contributed by atoms with Crippen LogP contribution in [0.3, 0.4) is 0 Å². The maximum absolute atomic E-state index is 12.9. The van der Waals surface area contributed by atoms with Crippen molar-refractivity contribution in [3.63, 3.8) is 0 Å². The van der Waals surface area contributed by atoms with Gasteiger partial charge in [0.15, 0.2) is 5.78 Å². The SMILES string of the molecule is CC(=O)c1c(C)[nH]c(C(=O)N2CCC(C(=O)NCCc3ccccn3)CC2)c1C. The highest BCUT2D eigenvalue weighted by molar-refractivity contribution is 6.02. The molecule has 1 fully saturated rings. The summed E-state index contributed by atoms with van der Waals surface area (Å²) in [6.45, 7) is 6.74. The molecule has 1 aliphatic rings. The van der Waals surface area contributed by atoms with E-state index in [0.29, 0.717) is 55.7 Å². The van der Waals surface area contributed by atoms with Crippen LogP contribution in [0.15, 0.2) is 24.4 Å². The number of rotatable bonds is 6. The van der Waals surface area contributed by atoms with Crippen LogP contribution < -0.4 is 5.32 Å². The first-order valence-corrected chi connectivity index (χ1v) is 10.1. The van der Waals surface area contributed by atoms with Crippen molar-refractivity contribution >= 4 is 17.6 Å². The Morgan fingerprint density at radius 1 is 1.21 bits per heavy atom. The molecule has 154 valence electrons. The summed E-state index contributed by atoms with van der Waals surface area (Å²) in [7, 11) is 0. The van der Waals surface area contributed by atoms with Crippen LogP contribution in [-0.4, -0.2) is 52.1 Å². The van der Waals surface area contributed by atoms with Crippen LogP contribution in [0, 0.1) is 19.8 Å². The second kappa shape index (κ2) is 9.03. The number of amides is 2. The highest BCUT2D eigenvalue weighted by atomic mass is 16.2. The number of carbonyl (C=O) groups excluding carboxylic acids is 3. The van der Waals surface area contributed by atoms with E-state index in [0.717, 1.165) is 11.4 Å². The zero-order chi connectivity index (χ0) is 21.0. The number of nitrogens with one attached hydrogen (secondary N) is 2. The van der Waals surface area contributed by atoms with Gasteiger partial charge in [0.05, 0.1) is 0 Å². The average molecular weight is 396 g/mol. The number of aromatic amines is 1. The van der Waals surface area contributed by atoms with Gasteiger partial charge in [-0.15, -0.1) is 0 Å². The third-order valence-corrected chi connectivity index (χ3v) is 5.56. The van der Waals surface area contributed by atoms with E-state index in [2.05, 4.69) is 15.3 Å². The average Bonchev–Trinajstić information content (AvgIpc) is 3.02. The lowest BCUT2D eigenvalue weighted by Gasteiger charge is -2.31. The fourth-order valence-corrected chi connectivity index (χ4v) is 4.00. The summed E-state index contributed by atoms with van der Waals surface area (Å²) in [6.07, 6.45) is 3.73. The van der Waals surface area contributed by atoms with E-state index in [4.69, 9.17) is 0 Å². The fourth-order valence-electron chi connectivity index (χ4n) is 4.00. The number of aryl methyl sites for hydroxylation is 1. The lowest BCUT2D eigenvalue weighted by Crippen LogP contribution is -2.43. The van der Waals surface area contributed by atoms with Crippen molar-refractivity contribution in [1.29, 1.82) is 0 Å². The van der Waals surface area contributed by atoms with Gasteiger partial charge in [-0.05, 0) is 51.3 Å².